The van der Waals surface area contributed by atoms with Gasteiger partial charge in [-0.2, -0.15) is 72.8 Å². The number of methoxy groups -OCH3 is 4. The van der Waals surface area contributed by atoms with E-state index in [0.29, 0.717) is 0 Å². The Hall–Kier alpha value is -3.41. The van der Waals surface area contributed by atoms with Gasteiger partial charge in [0.15, 0.2) is 0 Å². The minimum absolute atomic E-state index is 0. The molecule has 4 nitrogen and oxygen atoms in total. The number of hydrogen-bond donors (Lipinski definition) is 0. The van der Waals surface area contributed by atoms with Crippen molar-refractivity contribution in [3.05, 3.63) is 121 Å². The average molecular weight is 489 g/mol. The first-order valence-corrected chi connectivity index (χ1v) is 9.73. The van der Waals surface area contributed by atoms with Crippen molar-refractivity contribution in [2.75, 3.05) is 28.4 Å². The van der Waals surface area contributed by atoms with Gasteiger partial charge in [-0.3, -0.25) is 0 Å². The second-order valence-electron chi connectivity index (χ2n) is 5.76. The number of hydrogen-bond acceptors (Lipinski definition) is 4. The first kappa shape index (κ1) is 29.6. The van der Waals surface area contributed by atoms with Crippen molar-refractivity contribution in [1.29, 1.82) is 0 Å². The van der Waals surface area contributed by atoms with Crippen LogP contribution in [0.25, 0.3) is 0 Å². The van der Waals surface area contributed by atoms with E-state index in [9.17, 15) is 0 Å². The molecule has 0 aliphatic rings. The zero-order valence-electron chi connectivity index (χ0n) is 19.2. The summed E-state index contributed by atoms with van der Waals surface area (Å²) in [4.78, 5) is 0. The summed E-state index contributed by atoms with van der Waals surface area (Å²) < 4.78 is 19.6. The zero-order valence-corrected chi connectivity index (χ0v) is 20.4. The predicted octanol–water partition coefficient (Wildman–Crippen LogP) is 5.44. The van der Waals surface area contributed by atoms with Crippen molar-refractivity contribution in [3.63, 3.8) is 0 Å². The van der Waals surface area contributed by atoms with Crippen LogP contribution in [-0.4, -0.2) is 28.4 Å². The number of ether oxygens (including phenoxy) is 4. The molecule has 179 valence electrons. The van der Waals surface area contributed by atoms with Gasteiger partial charge in [0.05, 0.1) is 28.4 Å². The van der Waals surface area contributed by atoms with E-state index >= 15 is 0 Å². The van der Waals surface area contributed by atoms with Gasteiger partial charge in [0.25, 0.3) is 0 Å². The fourth-order valence-electron chi connectivity index (χ4n) is 2.03. The maximum atomic E-state index is 4.89. The normalized spacial score (nSPS) is 8.36. The predicted molar refractivity (Wildman–Crippen MR) is 130 cm³/mol. The summed E-state index contributed by atoms with van der Waals surface area (Å²) in [5.74, 6) is 3.51. The second-order valence-corrected chi connectivity index (χ2v) is 5.76. The van der Waals surface area contributed by atoms with Crippen LogP contribution in [0.15, 0.2) is 97.1 Å². The molecule has 0 atom stereocenters. The molecule has 0 fully saturated rings. The molecule has 0 saturated heterocycles. The first-order chi connectivity index (χ1) is 15.7. The van der Waals surface area contributed by atoms with Crippen molar-refractivity contribution in [3.8, 4) is 23.0 Å². The molecule has 0 bridgehead atoms. The van der Waals surface area contributed by atoms with Crippen molar-refractivity contribution in [2.24, 2.45) is 0 Å². The van der Waals surface area contributed by atoms with E-state index < -0.39 is 0 Å². The van der Waals surface area contributed by atoms with Gasteiger partial charge in [0.2, 0.25) is 0 Å². The summed E-state index contributed by atoms with van der Waals surface area (Å²) >= 11 is 0. The summed E-state index contributed by atoms with van der Waals surface area (Å²) in [6.07, 6.45) is 0. The Labute approximate surface area is 208 Å². The second kappa shape index (κ2) is 20.5. The molecule has 0 heterocycles. The zero-order chi connectivity index (χ0) is 23.3. The third-order valence-corrected chi connectivity index (χ3v) is 3.69. The molecule has 0 aliphatic carbocycles. The van der Waals surface area contributed by atoms with Gasteiger partial charge in [-0.15, -0.1) is 48.5 Å². The number of benzene rings is 4. The molecule has 0 spiro atoms. The standard InChI is InChI=1S/4C7H7O.Co.2H/c4*1-8-7-5-3-2-4-6-7;;;/h4*3-6H,1H3;;;/q4*-1;;;. The molecule has 0 N–H and O–H groups in total. The Balaban J connectivity index is 0.000000410. The van der Waals surface area contributed by atoms with E-state index in [1.54, 1.807) is 28.4 Å². The van der Waals surface area contributed by atoms with Crippen molar-refractivity contribution >= 4 is 0 Å². The summed E-state index contributed by atoms with van der Waals surface area (Å²) in [5, 5.41) is 0. The first-order valence-electron chi connectivity index (χ1n) is 9.73. The molecule has 4 aromatic rings. The van der Waals surface area contributed by atoms with E-state index in [-0.39, 0.29) is 16.8 Å². The minimum atomic E-state index is 0. The topological polar surface area (TPSA) is 36.9 Å². The van der Waals surface area contributed by atoms with Crippen molar-refractivity contribution in [2.45, 2.75) is 0 Å². The Morgan fingerprint density at radius 3 is 0.606 bits per heavy atom. The van der Waals surface area contributed by atoms with Gasteiger partial charge in [-0.25, -0.2) is 0 Å². The van der Waals surface area contributed by atoms with Gasteiger partial charge in [-0.05, 0) is 0 Å². The molecule has 4 aromatic carbocycles. The monoisotopic (exact) mass is 489 g/mol. The van der Waals surface area contributed by atoms with E-state index in [1.165, 1.54) is 0 Å². The van der Waals surface area contributed by atoms with Gasteiger partial charge in [-0.1, -0.05) is 0 Å². The van der Waals surface area contributed by atoms with Crippen LogP contribution in [-0.2, 0) is 16.8 Å². The van der Waals surface area contributed by atoms with Crippen LogP contribution in [0.3, 0.4) is 0 Å². The third kappa shape index (κ3) is 15.1. The summed E-state index contributed by atoms with van der Waals surface area (Å²) in [6.45, 7) is 0. The van der Waals surface area contributed by atoms with E-state index in [2.05, 4.69) is 24.3 Å². The Morgan fingerprint density at radius 1 is 0.364 bits per heavy atom. The molecule has 1 radical (unpaired) electrons. The van der Waals surface area contributed by atoms with Crippen LogP contribution in [0.1, 0.15) is 0 Å². The molecular weight excluding hydrogens is 459 g/mol. The summed E-state index contributed by atoms with van der Waals surface area (Å²) in [5.41, 5.74) is 0. The SMILES string of the molecule is COc1cc[c-]cc1.COc1cc[c-]cc1.COc1cc[c-]cc1.COc1cc[c-]cc1.[CoH2]. The molecule has 4 rings (SSSR count). The van der Waals surface area contributed by atoms with Crippen LogP contribution in [0.4, 0.5) is 0 Å². The fourth-order valence-corrected chi connectivity index (χ4v) is 2.03. The van der Waals surface area contributed by atoms with Crippen LogP contribution in [0.2, 0.25) is 0 Å². The van der Waals surface area contributed by atoms with Crippen LogP contribution in [0, 0.1) is 24.3 Å². The Bertz CT molecular complexity index is 747. The number of rotatable bonds is 4. The molecule has 0 saturated carbocycles. The average Bonchev–Trinajstić information content (AvgIpc) is 2.91. The maximum absolute atomic E-state index is 4.89. The Morgan fingerprint density at radius 2 is 0.515 bits per heavy atom. The van der Waals surface area contributed by atoms with Gasteiger partial charge in [0.1, 0.15) is 0 Å². The van der Waals surface area contributed by atoms with E-state index in [4.69, 9.17) is 18.9 Å². The fraction of sp³-hybridized carbons (Fsp3) is 0.143. The van der Waals surface area contributed by atoms with E-state index in [1.807, 2.05) is 97.1 Å². The Kier molecular flexibility index (Phi) is 18.4. The molecule has 0 aromatic heterocycles. The quantitative estimate of drug-likeness (QED) is 0.358. The van der Waals surface area contributed by atoms with Gasteiger partial charge >= 0.3 is 16.8 Å². The molecular formula is C28H30CoO4-4. The third-order valence-electron chi connectivity index (χ3n) is 3.69. The summed E-state index contributed by atoms with van der Waals surface area (Å²) in [7, 11) is 6.59. The van der Waals surface area contributed by atoms with Gasteiger partial charge < -0.3 is 18.9 Å². The molecule has 0 unspecified atom stereocenters. The molecule has 0 amide bonds. The molecule has 5 heteroatoms. The van der Waals surface area contributed by atoms with E-state index in [0.717, 1.165) is 23.0 Å². The van der Waals surface area contributed by atoms with Crippen LogP contribution >= 0.6 is 0 Å². The molecule has 0 aliphatic heterocycles. The van der Waals surface area contributed by atoms with Crippen molar-refractivity contribution in [1.82, 2.24) is 0 Å². The molecule has 33 heavy (non-hydrogen) atoms. The summed E-state index contributed by atoms with van der Waals surface area (Å²) in [6, 6.07) is 41.0. The van der Waals surface area contributed by atoms with Crippen LogP contribution < -0.4 is 18.9 Å². The van der Waals surface area contributed by atoms with Gasteiger partial charge in [0, 0.05) is 23.0 Å². The van der Waals surface area contributed by atoms with Crippen LogP contribution in [0.5, 0.6) is 23.0 Å². The van der Waals surface area contributed by atoms with Crippen molar-refractivity contribution < 1.29 is 35.7 Å².